The predicted molar refractivity (Wildman–Crippen MR) is 106 cm³/mol. The Hall–Kier alpha value is -1.69. The lowest BCUT2D eigenvalue weighted by Gasteiger charge is -2.43. The fraction of sp³-hybridized carbons (Fsp3) is 0.455. The Bertz CT molecular complexity index is 906. The zero-order valence-corrected chi connectivity index (χ0v) is 16.7. The lowest BCUT2D eigenvalue weighted by molar-refractivity contribution is 0.0935. The second-order valence-electron chi connectivity index (χ2n) is 8.05. The average Bonchev–Trinajstić information content (AvgIpc) is 2.98. The summed E-state index contributed by atoms with van der Waals surface area (Å²) in [5.41, 5.74) is 3.47. The van der Waals surface area contributed by atoms with Gasteiger partial charge in [0.25, 0.3) is 0 Å². The van der Waals surface area contributed by atoms with Crippen LogP contribution in [0.25, 0.3) is 0 Å². The van der Waals surface area contributed by atoms with Crippen molar-refractivity contribution in [2.45, 2.75) is 56.0 Å². The molecule has 0 aliphatic carbocycles. The number of piperidine rings is 1. The molecule has 2 bridgehead atoms. The number of sulfonamides is 1. The molecule has 5 heteroatoms. The van der Waals surface area contributed by atoms with Gasteiger partial charge in [-0.05, 0) is 56.7 Å². The van der Waals surface area contributed by atoms with E-state index in [9.17, 15) is 13.5 Å². The van der Waals surface area contributed by atoms with Crippen molar-refractivity contribution in [2.24, 2.45) is 5.92 Å². The maximum atomic E-state index is 13.4. The normalized spacial score (nSPS) is 28.4. The Morgan fingerprint density at radius 3 is 2.15 bits per heavy atom. The van der Waals surface area contributed by atoms with Crippen LogP contribution >= 0.6 is 0 Å². The zero-order chi connectivity index (χ0) is 19.2. The smallest absolute Gasteiger partial charge is 0.243 e. The SMILES string of the molecule is Cc1ccc([C@H]2C[C@@H]3CC[C@H]([C@H]2CO)N3S(=O)(=O)c2ccc(C)cc2)cc1. The van der Waals surface area contributed by atoms with Crippen LogP contribution in [-0.2, 0) is 10.0 Å². The third kappa shape index (κ3) is 3.22. The first-order chi connectivity index (χ1) is 12.9. The fourth-order valence-corrected chi connectivity index (χ4v) is 6.83. The van der Waals surface area contributed by atoms with E-state index in [1.165, 1.54) is 11.1 Å². The van der Waals surface area contributed by atoms with Crippen molar-refractivity contribution in [1.82, 2.24) is 4.31 Å². The molecule has 2 heterocycles. The van der Waals surface area contributed by atoms with Gasteiger partial charge in [0.2, 0.25) is 10.0 Å². The van der Waals surface area contributed by atoms with Crippen LogP contribution in [0.15, 0.2) is 53.4 Å². The first kappa shape index (κ1) is 18.7. The third-order valence-corrected chi connectivity index (χ3v) is 8.32. The highest BCUT2D eigenvalue weighted by Crippen LogP contribution is 2.48. The van der Waals surface area contributed by atoms with Crippen molar-refractivity contribution in [3.8, 4) is 0 Å². The second kappa shape index (κ2) is 7.04. The lowest BCUT2D eigenvalue weighted by atomic mass is 9.77. The average molecular weight is 386 g/mol. The zero-order valence-electron chi connectivity index (χ0n) is 15.9. The molecule has 2 aromatic carbocycles. The molecule has 0 saturated carbocycles. The molecule has 0 amide bonds. The van der Waals surface area contributed by atoms with Gasteiger partial charge in [-0.15, -0.1) is 0 Å². The van der Waals surface area contributed by atoms with Gasteiger partial charge in [0.15, 0.2) is 0 Å². The van der Waals surface area contributed by atoms with E-state index in [-0.39, 0.29) is 30.5 Å². The molecular formula is C22H27NO3S. The summed E-state index contributed by atoms with van der Waals surface area (Å²) in [7, 11) is -3.55. The number of benzene rings is 2. The van der Waals surface area contributed by atoms with Gasteiger partial charge in [-0.3, -0.25) is 0 Å². The van der Waals surface area contributed by atoms with Crippen LogP contribution in [0.4, 0.5) is 0 Å². The van der Waals surface area contributed by atoms with Crippen molar-refractivity contribution in [3.63, 3.8) is 0 Å². The number of aliphatic hydroxyl groups is 1. The largest absolute Gasteiger partial charge is 0.396 e. The summed E-state index contributed by atoms with van der Waals surface area (Å²) in [4.78, 5) is 0.357. The lowest BCUT2D eigenvalue weighted by Crippen LogP contribution is -2.51. The molecule has 4 rings (SSSR count). The Morgan fingerprint density at radius 2 is 1.56 bits per heavy atom. The molecule has 2 fully saturated rings. The fourth-order valence-electron chi connectivity index (χ4n) is 4.90. The van der Waals surface area contributed by atoms with E-state index in [0.29, 0.717) is 4.90 Å². The highest BCUT2D eigenvalue weighted by Gasteiger charge is 2.52. The van der Waals surface area contributed by atoms with E-state index in [0.717, 1.165) is 24.8 Å². The van der Waals surface area contributed by atoms with Gasteiger partial charge in [-0.1, -0.05) is 47.5 Å². The van der Waals surface area contributed by atoms with Crippen LogP contribution in [0.5, 0.6) is 0 Å². The van der Waals surface area contributed by atoms with Gasteiger partial charge >= 0.3 is 0 Å². The summed E-state index contributed by atoms with van der Waals surface area (Å²) in [5, 5.41) is 10.2. The van der Waals surface area contributed by atoms with E-state index in [1.807, 2.05) is 19.1 Å². The van der Waals surface area contributed by atoms with Crippen LogP contribution in [0.1, 0.15) is 41.9 Å². The van der Waals surface area contributed by atoms with Crippen molar-refractivity contribution in [2.75, 3.05) is 6.61 Å². The molecule has 1 N–H and O–H groups in total. The number of fused-ring (bicyclic) bond motifs is 2. The van der Waals surface area contributed by atoms with Crippen molar-refractivity contribution < 1.29 is 13.5 Å². The third-order valence-electron chi connectivity index (χ3n) is 6.33. The van der Waals surface area contributed by atoms with Gasteiger partial charge in [0.05, 0.1) is 4.90 Å². The molecule has 0 spiro atoms. The number of hydrogen-bond acceptors (Lipinski definition) is 3. The molecule has 2 aliphatic heterocycles. The van der Waals surface area contributed by atoms with E-state index >= 15 is 0 Å². The predicted octanol–water partition coefficient (Wildman–Crippen LogP) is 3.62. The number of nitrogens with zero attached hydrogens (tertiary/aromatic N) is 1. The van der Waals surface area contributed by atoms with E-state index in [2.05, 4.69) is 31.2 Å². The Labute approximate surface area is 161 Å². The minimum atomic E-state index is -3.55. The van der Waals surface area contributed by atoms with Gasteiger partial charge < -0.3 is 5.11 Å². The summed E-state index contributed by atoms with van der Waals surface area (Å²) in [6.07, 6.45) is 2.47. The molecular weight excluding hydrogens is 358 g/mol. The van der Waals surface area contributed by atoms with Gasteiger partial charge in [-0.2, -0.15) is 4.31 Å². The molecule has 27 heavy (non-hydrogen) atoms. The first-order valence-electron chi connectivity index (χ1n) is 9.69. The van der Waals surface area contributed by atoms with Crippen LogP contribution in [0.3, 0.4) is 0 Å². The Balaban J connectivity index is 1.68. The maximum absolute atomic E-state index is 13.4. The molecule has 2 aliphatic rings. The van der Waals surface area contributed by atoms with E-state index < -0.39 is 10.0 Å². The van der Waals surface area contributed by atoms with Crippen LogP contribution < -0.4 is 0 Å². The van der Waals surface area contributed by atoms with Crippen LogP contribution in [-0.4, -0.2) is 36.5 Å². The van der Waals surface area contributed by atoms with Gasteiger partial charge in [-0.25, -0.2) is 8.42 Å². The number of rotatable bonds is 4. The standard InChI is InChI=1S/C22H27NO3S/c1-15-3-7-17(8-4-15)20-13-18-9-12-22(21(20)14-24)23(18)27(25,26)19-10-5-16(2)6-11-19/h3-8,10-11,18,20-22,24H,9,12-14H2,1-2H3/t18-,20+,21-,22+/m0/s1. The van der Waals surface area contributed by atoms with Crippen molar-refractivity contribution >= 4 is 10.0 Å². The van der Waals surface area contributed by atoms with Gasteiger partial charge in [0.1, 0.15) is 0 Å². The number of hydrogen-bond donors (Lipinski definition) is 1. The summed E-state index contributed by atoms with van der Waals surface area (Å²) in [6, 6.07) is 15.4. The minimum absolute atomic E-state index is 0.00964. The van der Waals surface area contributed by atoms with Crippen LogP contribution in [0, 0.1) is 19.8 Å². The van der Waals surface area contributed by atoms with Crippen molar-refractivity contribution in [1.29, 1.82) is 0 Å². The summed E-state index contributed by atoms with van der Waals surface area (Å²) in [6.45, 7) is 4.03. The number of aliphatic hydroxyl groups excluding tert-OH is 1. The highest BCUT2D eigenvalue weighted by molar-refractivity contribution is 7.89. The van der Waals surface area contributed by atoms with Crippen LogP contribution in [0.2, 0.25) is 0 Å². The molecule has 4 atom stereocenters. The molecule has 144 valence electrons. The Kier molecular flexibility index (Phi) is 4.87. The van der Waals surface area contributed by atoms with E-state index in [1.54, 1.807) is 16.4 Å². The molecule has 4 nitrogen and oxygen atoms in total. The topological polar surface area (TPSA) is 57.6 Å². The molecule has 0 radical (unpaired) electrons. The quantitative estimate of drug-likeness (QED) is 0.874. The van der Waals surface area contributed by atoms with Crippen molar-refractivity contribution in [3.05, 3.63) is 65.2 Å². The Morgan fingerprint density at radius 1 is 0.963 bits per heavy atom. The minimum Gasteiger partial charge on any atom is -0.396 e. The van der Waals surface area contributed by atoms with Gasteiger partial charge in [0, 0.05) is 24.6 Å². The second-order valence-corrected chi connectivity index (χ2v) is 9.89. The maximum Gasteiger partial charge on any atom is 0.243 e. The summed E-state index contributed by atoms with van der Waals surface area (Å²) < 4.78 is 28.4. The molecule has 0 unspecified atom stereocenters. The monoisotopic (exact) mass is 385 g/mol. The summed E-state index contributed by atoms with van der Waals surface area (Å²) in [5.74, 6) is 0.143. The van der Waals surface area contributed by atoms with E-state index in [4.69, 9.17) is 0 Å². The molecule has 0 aromatic heterocycles. The molecule has 2 aromatic rings. The summed E-state index contributed by atoms with van der Waals surface area (Å²) >= 11 is 0. The highest BCUT2D eigenvalue weighted by atomic mass is 32.2. The molecule has 2 saturated heterocycles. The first-order valence-corrected chi connectivity index (χ1v) is 11.1. The number of aryl methyl sites for hydroxylation is 2.